The molecule has 0 saturated carbocycles. The molecule has 5 nitrogen and oxygen atoms in total. The van der Waals surface area contributed by atoms with E-state index in [1.54, 1.807) is 12.4 Å². The van der Waals surface area contributed by atoms with Crippen molar-refractivity contribution in [1.29, 1.82) is 0 Å². The molecule has 3 aromatic heterocycles. The molecule has 25 heavy (non-hydrogen) atoms. The number of hydrogen-bond donors (Lipinski definition) is 0. The zero-order chi connectivity index (χ0) is 17.2. The predicted molar refractivity (Wildman–Crippen MR) is 96.2 cm³/mol. The summed E-state index contributed by atoms with van der Waals surface area (Å²) in [5.74, 6) is 2.08. The predicted octanol–water partition coefficient (Wildman–Crippen LogP) is 4.61. The van der Waals surface area contributed by atoms with Crippen molar-refractivity contribution in [2.45, 2.75) is 13.5 Å². The van der Waals surface area contributed by atoms with Crippen molar-refractivity contribution in [2.24, 2.45) is 0 Å². The lowest BCUT2D eigenvalue weighted by atomic mass is 10.2. The Bertz CT molecular complexity index is 1010. The summed E-state index contributed by atoms with van der Waals surface area (Å²) in [5.41, 5.74) is 2.44. The summed E-state index contributed by atoms with van der Waals surface area (Å²) in [6, 6.07) is 13.3. The Morgan fingerprint density at radius 1 is 1.04 bits per heavy atom. The van der Waals surface area contributed by atoms with E-state index in [0.29, 0.717) is 17.5 Å². The quantitative estimate of drug-likeness (QED) is 0.539. The average Bonchev–Trinajstić information content (AvgIpc) is 3.24. The number of oxazole rings is 1. The van der Waals surface area contributed by atoms with Gasteiger partial charge in [0, 0.05) is 18.6 Å². The molecule has 0 amide bonds. The van der Waals surface area contributed by atoms with Crippen molar-refractivity contribution >= 4 is 11.6 Å². The number of rotatable bonds is 4. The van der Waals surface area contributed by atoms with E-state index in [4.69, 9.17) is 16.0 Å². The fourth-order valence-corrected chi connectivity index (χ4v) is 2.87. The van der Waals surface area contributed by atoms with E-state index < -0.39 is 0 Å². The minimum absolute atomic E-state index is 0.526. The van der Waals surface area contributed by atoms with Gasteiger partial charge in [-0.15, -0.1) is 0 Å². The standard InChI is InChI=1S/C19H15ClN4O/c1-13-17(23-19(25-13)14-6-2-3-7-15(14)20)12-24-11-10-22-18(24)16-8-4-5-9-21-16/h2-11H,12H2,1H3. The van der Waals surface area contributed by atoms with Gasteiger partial charge in [-0.25, -0.2) is 9.97 Å². The third kappa shape index (κ3) is 3.06. The Hall–Kier alpha value is -2.92. The number of pyridine rings is 1. The summed E-state index contributed by atoms with van der Waals surface area (Å²) in [7, 11) is 0. The number of benzene rings is 1. The first kappa shape index (κ1) is 15.6. The van der Waals surface area contributed by atoms with Gasteiger partial charge in [0.1, 0.15) is 17.1 Å². The molecule has 4 aromatic rings. The first-order valence-electron chi connectivity index (χ1n) is 7.86. The third-order valence-corrected chi connectivity index (χ3v) is 4.26. The van der Waals surface area contributed by atoms with Gasteiger partial charge < -0.3 is 8.98 Å². The van der Waals surface area contributed by atoms with E-state index in [1.165, 1.54) is 0 Å². The van der Waals surface area contributed by atoms with Crippen molar-refractivity contribution in [3.8, 4) is 23.0 Å². The molecule has 0 aliphatic carbocycles. The fourth-order valence-electron chi connectivity index (χ4n) is 2.65. The molecule has 4 rings (SSSR count). The maximum absolute atomic E-state index is 6.24. The second kappa shape index (κ2) is 6.53. The van der Waals surface area contributed by atoms with Crippen molar-refractivity contribution < 1.29 is 4.42 Å². The van der Waals surface area contributed by atoms with Crippen LogP contribution in [0.5, 0.6) is 0 Å². The topological polar surface area (TPSA) is 56.7 Å². The Balaban J connectivity index is 1.67. The maximum Gasteiger partial charge on any atom is 0.228 e. The minimum atomic E-state index is 0.526. The monoisotopic (exact) mass is 350 g/mol. The lowest BCUT2D eigenvalue weighted by Crippen LogP contribution is -2.03. The van der Waals surface area contributed by atoms with Gasteiger partial charge in [0.05, 0.1) is 17.1 Å². The molecule has 124 valence electrons. The second-order valence-electron chi connectivity index (χ2n) is 5.60. The van der Waals surface area contributed by atoms with Crippen molar-refractivity contribution in [2.75, 3.05) is 0 Å². The SMILES string of the molecule is Cc1oc(-c2ccccc2Cl)nc1Cn1ccnc1-c1ccccn1. The summed E-state index contributed by atoms with van der Waals surface area (Å²) in [6.07, 6.45) is 5.42. The van der Waals surface area contributed by atoms with Crippen molar-refractivity contribution in [3.63, 3.8) is 0 Å². The van der Waals surface area contributed by atoms with Crippen LogP contribution in [0.3, 0.4) is 0 Å². The molecule has 0 atom stereocenters. The van der Waals surface area contributed by atoms with Crippen molar-refractivity contribution in [3.05, 3.63) is 77.5 Å². The smallest absolute Gasteiger partial charge is 0.228 e. The molecule has 0 saturated heterocycles. The lowest BCUT2D eigenvalue weighted by Gasteiger charge is -2.05. The van der Waals surface area contributed by atoms with E-state index in [9.17, 15) is 0 Å². The maximum atomic E-state index is 6.24. The van der Waals surface area contributed by atoms with Crippen molar-refractivity contribution in [1.82, 2.24) is 19.5 Å². The number of imidazole rings is 1. The van der Waals surface area contributed by atoms with Gasteiger partial charge in [0.2, 0.25) is 5.89 Å². The Kier molecular flexibility index (Phi) is 4.07. The summed E-state index contributed by atoms with van der Waals surface area (Å²) in [4.78, 5) is 13.4. The largest absolute Gasteiger partial charge is 0.441 e. The molecule has 0 N–H and O–H groups in total. The zero-order valence-electron chi connectivity index (χ0n) is 13.6. The number of nitrogens with zero attached hydrogens (tertiary/aromatic N) is 4. The number of aryl methyl sites for hydroxylation is 1. The first-order chi connectivity index (χ1) is 12.2. The molecule has 0 unspecified atom stereocenters. The van der Waals surface area contributed by atoms with Crippen LogP contribution < -0.4 is 0 Å². The van der Waals surface area contributed by atoms with Gasteiger partial charge in [-0.05, 0) is 31.2 Å². The van der Waals surface area contributed by atoms with Crippen LogP contribution >= 0.6 is 11.6 Å². The highest BCUT2D eigenvalue weighted by molar-refractivity contribution is 6.33. The van der Waals surface area contributed by atoms with E-state index in [1.807, 2.05) is 60.2 Å². The second-order valence-corrected chi connectivity index (χ2v) is 6.00. The van der Waals surface area contributed by atoms with Crippen LogP contribution in [0.25, 0.3) is 23.0 Å². The molecule has 6 heteroatoms. The first-order valence-corrected chi connectivity index (χ1v) is 8.24. The number of aromatic nitrogens is 4. The van der Waals surface area contributed by atoms with Gasteiger partial charge in [-0.3, -0.25) is 4.98 Å². The van der Waals surface area contributed by atoms with Crippen LogP contribution in [0.15, 0.2) is 65.5 Å². The molecule has 0 fully saturated rings. The van der Waals surface area contributed by atoms with Gasteiger partial charge >= 0.3 is 0 Å². The molecule has 0 radical (unpaired) electrons. The molecular formula is C19H15ClN4O. The van der Waals surface area contributed by atoms with Gasteiger partial charge in [-0.1, -0.05) is 29.8 Å². The van der Waals surface area contributed by atoms with E-state index >= 15 is 0 Å². The molecule has 0 bridgehead atoms. The number of hydrogen-bond acceptors (Lipinski definition) is 4. The molecule has 1 aromatic carbocycles. The van der Waals surface area contributed by atoms with E-state index in [0.717, 1.165) is 28.5 Å². The highest BCUT2D eigenvalue weighted by Gasteiger charge is 2.16. The highest BCUT2D eigenvalue weighted by Crippen LogP contribution is 2.29. The Morgan fingerprint density at radius 3 is 2.68 bits per heavy atom. The zero-order valence-corrected chi connectivity index (χ0v) is 14.3. The van der Waals surface area contributed by atoms with Crippen LogP contribution in [-0.4, -0.2) is 19.5 Å². The summed E-state index contributed by atoms with van der Waals surface area (Å²) >= 11 is 6.24. The third-order valence-electron chi connectivity index (χ3n) is 3.93. The van der Waals surface area contributed by atoms with E-state index in [2.05, 4.69) is 15.0 Å². The minimum Gasteiger partial charge on any atom is -0.441 e. The van der Waals surface area contributed by atoms with Crippen LogP contribution in [-0.2, 0) is 6.54 Å². The Morgan fingerprint density at radius 2 is 1.88 bits per heavy atom. The summed E-state index contributed by atoms with van der Waals surface area (Å²) in [6.45, 7) is 2.45. The van der Waals surface area contributed by atoms with Gasteiger partial charge in [-0.2, -0.15) is 0 Å². The van der Waals surface area contributed by atoms with Gasteiger partial charge in [0.15, 0.2) is 5.82 Å². The molecule has 3 heterocycles. The lowest BCUT2D eigenvalue weighted by molar-refractivity contribution is 0.538. The van der Waals surface area contributed by atoms with E-state index in [-0.39, 0.29) is 0 Å². The molecule has 0 spiro atoms. The molecule has 0 aliphatic rings. The number of halogens is 1. The van der Waals surface area contributed by atoms with Crippen LogP contribution in [0.1, 0.15) is 11.5 Å². The van der Waals surface area contributed by atoms with Crippen LogP contribution in [0.4, 0.5) is 0 Å². The average molecular weight is 351 g/mol. The molecular weight excluding hydrogens is 336 g/mol. The van der Waals surface area contributed by atoms with Gasteiger partial charge in [0.25, 0.3) is 0 Å². The normalized spacial score (nSPS) is 11.0. The van der Waals surface area contributed by atoms with Crippen LogP contribution in [0.2, 0.25) is 5.02 Å². The molecule has 0 aliphatic heterocycles. The highest BCUT2D eigenvalue weighted by atomic mass is 35.5. The Labute approximate surface area is 150 Å². The summed E-state index contributed by atoms with van der Waals surface area (Å²) in [5, 5.41) is 0.618. The van der Waals surface area contributed by atoms with Crippen LogP contribution in [0, 0.1) is 6.92 Å². The summed E-state index contributed by atoms with van der Waals surface area (Å²) < 4.78 is 7.83. The fraction of sp³-hybridized carbons (Fsp3) is 0.105.